The molecule has 180 valence electrons. The first-order valence-electron chi connectivity index (χ1n) is 11.7. The SMILES string of the molecule is CC(C)(F)c1cc(NC(=O)Cc2ccc(-c3ccc(CCCN4CCOCC4)nc3)cc2)on1. The van der Waals surface area contributed by atoms with Gasteiger partial charge in [0.2, 0.25) is 11.8 Å². The maximum Gasteiger partial charge on any atom is 0.231 e. The molecule has 3 aromatic rings. The van der Waals surface area contributed by atoms with Crippen molar-refractivity contribution >= 4 is 11.8 Å². The lowest BCUT2D eigenvalue weighted by atomic mass is 10.0. The summed E-state index contributed by atoms with van der Waals surface area (Å²) in [4.78, 5) is 19.4. The zero-order chi connectivity index (χ0) is 24.0. The third-order valence-electron chi connectivity index (χ3n) is 5.87. The lowest BCUT2D eigenvalue weighted by Gasteiger charge is -2.26. The molecule has 0 saturated carbocycles. The first-order chi connectivity index (χ1) is 16.4. The number of benzene rings is 1. The number of pyridine rings is 1. The van der Waals surface area contributed by atoms with Gasteiger partial charge in [-0.25, -0.2) is 4.39 Å². The van der Waals surface area contributed by atoms with Gasteiger partial charge < -0.3 is 9.26 Å². The highest BCUT2D eigenvalue weighted by atomic mass is 19.1. The molecule has 1 aliphatic heterocycles. The Morgan fingerprint density at radius 3 is 2.50 bits per heavy atom. The molecule has 1 amide bonds. The van der Waals surface area contributed by atoms with Crippen LogP contribution >= 0.6 is 0 Å². The Labute approximate surface area is 199 Å². The molecule has 34 heavy (non-hydrogen) atoms. The Balaban J connectivity index is 1.26. The second kappa shape index (κ2) is 10.9. The minimum absolute atomic E-state index is 0.137. The highest BCUT2D eigenvalue weighted by molar-refractivity contribution is 5.91. The number of alkyl halides is 1. The van der Waals surface area contributed by atoms with Crippen molar-refractivity contribution in [3.63, 3.8) is 0 Å². The third kappa shape index (κ3) is 6.71. The number of nitrogens with zero attached hydrogens (tertiary/aromatic N) is 3. The number of amides is 1. The van der Waals surface area contributed by atoms with E-state index in [4.69, 9.17) is 9.26 Å². The molecule has 0 atom stereocenters. The summed E-state index contributed by atoms with van der Waals surface area (Å²) >= 11 is 0. The molecule has 1 saturated heterocycles. The normalized spacial score (nSPS) is 14.8. The summed E-state index contributed by atoms with van der Waals surface area (Å²) in [6.07, 6.45) is 4.13. The first-order valence-corrected chi connectivity index (χ1v) is 11.7. The second-order valence-corrected chi connectivity index (χ2v) is 9.07. The number of nitrogens with one attached hydrogen (secondary N) is 1. The van der Waals surface area contributed by atoms with Crippen LogP contribution in [0.4, 0.5) is 10.3 Å². The van der Waals surface area contributed by atoms with E-state index in [1.807, 2.05) is 30.5 Å². The van der Waals surface area contributed by atoms with E-state index in [0.717, 1.165) is 68.1 Å². The van der Waals surface area contributed by atoms with E-state index in [9.17, 15) is 9.18 Å². The number of halogens is 1. The van der Waals surface area contributed by atoms with Crippen LogP contribution in [-0.2, 0) is 28.0 Å². The number of aromatic nitrogens is 2. The van der Waals surface area contributed by atoms with Crippen LogP contribution in [0.3, 0.4) is 0 Å². The van der Waals surface area contributed by atoms with E-state index in [-0.39, 0.29) is 23.9 Å². The summed E-state index contributed by atoms with van der Waals surface area (Å²) in [5.41, 5.74) is 2.55. The van der Waals surface area contributed by atoms with Crippen LogP contribution in [0.1, 0.15) is 37.2 Å². The highest BCUT2D eigenvalue weighted by Gasteiger charge is 2.24. The summed E-state index contributed by atoms with van der Waals surface area (Å²) in [7, 11) is 0. The van der Waals surface area contributed by atoms with Crippen molar-refractivity contribution in [3.8, 4) is 11.1 Å². The zero-order valence-electron chi connectivity index (χ0n) is 19.7. The number of rotatable bonds is 9. The van der Waals surface area contributed by atoms with Gasteiger partial charge in [-0.1, -0.05) is 35.5 Å². The standard InChI is InChI=1S/C26H31FN4O3/c1-26(2,27)23-17-25(34-30-23)29-24(32)16-19-5-7-20(8-6-19)21-9-10-22(28-18-21)4-3-11-31-12-14-33-15-13-31/h5-10,17-18H,3-4,11-16H2,1-2H3,(H,29,32). The van der Waals surface area contributed by atoms with Gasteiger partial charge in [0.1, 0.15) is 5.69 Å². The zero-order valence-corrected chi connectivity index (χ0v) is 19.7. The summed E-state index contributed by atoms with van der Waals surface area (Å²) in [6, 6.07) is 13.4. The van der Waals surface area contributed by atoms with Gasteiger partial charge >= 0.3 is 0 Å². The molecular formula is C26H31FN4O3. The molecule has 0 bridgehead atoms. The van der Waals surface area contributed by atoms with Crippen molar-refractivity contribution in [1.82, 2.24) is 15.0 Å². The number of anilines is 1. The molecule has 7 nitrogen and oxygen atoms in total. The van der Waals surface area contributed by atoms with Crippen molar-refractivity contribution in [2.45, 2.75) is 38.8 Å². The smallest absolute Gasteiger partial charge is 0.231 e. The van der Waals surface area contributed by atoms with E-state index >= 15 is 0 Å². The maximum atomic E-state index is 13.9. The monoisotopic (exact) mass is 466 g/mol. The molecule has 0 spiro atoms. The number of ether oxygens (including phenoxy) is 1. The predicted octanol–water partition coefficient (Wildman–Crippen LogP) is 4.39. The van der Waals surface area contributed by atoms with Crippen molar-refractivity contribution < 1.29 is 18.4 Å². The lowest BCUT2D eigenvalue weighted by molar-refractivity contribution is -0.115. The molecule has 0 radical (unpaired) electrons. The fourth-order valence-corrected chi connectivity index (χ4v) is 3.85. The minimum Gasteiger partial charge on any atom is -0.379 e. The van der Waals surface area contributed by atoms with Crippen molar-refractivity contribution in [3.05, 3.63) is 65.6 Å². The molecule has 2 aromatic heterocycles. The Bertz CT molecular complexity index is 1070. The van der Waals surface area contributed by atoms with Crippen LogP contribution in [0.2, 0.25) is 0 Å². The molecule has 1 aromatic carbocycles. The van der Waals surface area contributed by atoms with Gasteiger partial charge in [0.15, 0.2) is 5.67 Å². The van der Waals surface area contributed by atoms with Gasteiger partial charge in [0.05, 0.1) is 19.6 Å². The fraction of sp³-hybridized carbons (Fsp3) is 0.423. The van der Waals surface area contributed by atoms with Crippen LogP contribution in [0.5, 0.6) is 0 Å². The lowest BCUT2D eigenvalue weighted by Crippen LogP contribution is -2.36. The van der Waals surface area contributed by atoms with E-state index in [2.05, 4.69) is 32.5 Å². The average molecular weight is 467 g/mol. The third-order valence-corrected chi connectivity index (χ3v) is 5.87. The number of hydrogen-bond donors (Lipinski definition) is 1. The van der Waals surface area contributed by atoms with Gasteiger partial charge in [-0.15, -0.1) is 0 Å². The van der Waals surface area contributed by atoms with Gasteiger partial charge in [0.25, 0.3) is 0 Å². The molecule has 0 aliphatic carbocycles. The quantitative estimate of drug-likeness (QED) is 0.504. The van der Waals surface area contributed by atoms with Crippen LogP contribution in [0.15, 0.2) is 53.2 Å². The number of carbonyl (C=O) groups excluding carboxylic acids is 1. The highest BCUT2D eigenvalue weighted by Crippen LogP contribution is 2.26. The molecule has 1 fully saturated rings. The van der Waals surface area contributed by atoms with Gasteiger partial charge in [-0.2, -0.15) is 0 Å². The number of aryl methyl sites for hydroxylation is 1. The predicted molar refractivity (Wildman–Crippen MR) is 128 cm³/mol. The molecule has 3 heterocycles. The molecule has 4 rings (SSSR count). The van der Waals surface area contributed by atoms with Crippen molar-refractivity contribution in [1.29, 1.82) is 0 Å². The summed E-state index contributed by atoms with van der Waals surface area (Å²) < 4.78 is 24.3. The van der Waals surface area contributed by atoms with Crippen LogP contribution < -0.4 is 5.32 Å². The fourth-order valence-electron chi connectivity index (χ4n) is 3.85. The molecule has 0 unspecified atom stereocenters. The number of hydrogen-bond acceptors (Lipinski definition) is 6. The largest absolute Gasteiger partial charge is 0.379 e. The second-order valence-electron chi connectivity index (χ2n) is 9.07. The van der Waals surface area contributed by atoms with Gasteiger partial charge in [-0.3, -0.25) is 20.0 Å². The first kappa shape index (κ1) is 24.0. The van der Waals surface area contributed by atoms with Crippen LogP contribution in [-0.4, -0.2) is 53.8 Å². The molecule has 8 heteroatoms. The Kier molecular flexibility index (Phi) is 7.70. The summed E-state index contributed by atoms with van der Waals surface area (Å²) in [5.74, 6) is -0.117. The Hall–Kier alpha value is -3.10. The van der Waals surface area contributed by atoms with E-state index in [1.54, 1.807) is 0 Å². The van der Waals surface area contributed by atoms with Crippen molar-refractivity contribution in [2.75, 3.05) is 38.2 Å². The van der Waals surface area contributed by atoms with Crippen molar-refractivity contribution in [2.24, 2.45) is 0 Å². The molecule has 1 aliphatic rings. The molecule has 1 N–H and O–H groups in total. The van der Waals surface area contributed by atoms with E-state index < -0.39 is 5.67 Å². The Morgan fingerprint density at radius 1 is 1.12 bits per heavy atom. The number of carbonyl (C=O) groups is 1. The number of morpholine rings is 1. The maximum absolute atomic E-state index is 13.9. The van der Waals surface area contributed by atoms with E-state index in [0.29, 0.717) is 0 Å². The minimum atomic E-state index is -1.63. The van der Waals surface area contributed by atoms with E-state index in [1.165, 1.54) is 19.9 Å². The Morgan fingerprint density at radius 2 is 1.85 bits per heavy atom. The molecular weight excluding hydrogens is 435 g/mol. The van der Waals surface area contributed by atoms with Gasteiger partial charge in [-0.05, 0) is 50.4 Å². The van der Waals surface area contributed by atoms with Crippen LogP contribution in [0.25, 0.3) is 11.1 Å². The topological polar surface area (TPSA) is 80.5 Å². The average Bonchev–Trinajstić information content (AvgIpc) is 3.30. The summed E-state index contributed by atoms with van der Waals surface area (Å²) in [6.45, 7) is 7.54. The van der Waals surface area contributed by atoms with Crippen LogP contribution in [0, 0.1) is 0 Å². The summed E-state index contributed by atoms with van der Waals surface area (Å²) in [5, 5.41) is 6.28. The van der Waals surface area contributed by atoms with Gasteiger partial charge in [0, 0.05) is 36.6 Å².